The highest BCUT2D eigenvalue weighted by Gasteiger charge is 2.17. The fourth-order valence-corrected chi connectivity index (χ4v) is 3.82. The molecule has 2 aromatic carbocycles. The zero-order valence-electron chi connectivity index (χ0n) is 16.4. The molecule has 0 spiro atoms. The number of H-pyrrole nitrogens is 1. The number of hydrogen-bond acceptors (Lipinski definition) is 4. The van der Waals surface area contributed by atoms with Crippen molar-refractivity contribution in [3.05, 3.63) is 85.3 Å². The number of halogens is 1. The number of anilines is 1. The van der Waals surface area contributed by atoms with E-state index in [1.165, 1.54) is 5.56 Å². The highest BCUT2D eigenvalue weighted by molar-refractivity contribution is 14.1. The van der Waals surface area contributed by atoms with E-state index in [2.05, 4.69) is 45.8 Å². The zero-order valence-corrected chi connectivity index (χ0v) is 18.6. The summed E-state index contributed by atoms with van der Waals surface area (Å²) in [6.07, 6.45) is 4.36. The molecular formula is C23H22IN3O2. The highest BCUT2D eigenvalue weighted by atomic mass is 127. The second-order valence-electron chi connectivity index (χ2n) is 6.94. The summed E-state index contributed by atoms with van der Waals surface area (Å²) in [5, 5.41) is 9.25. The van der Waals surface area contributed by atoms with E-state index in [0.29, 0.717) is 22.7 Å². The Morgan fingerprint density at radius 1 is 1.14 bits per heavy atom. The number of hydrogen-bond donors (Lipinski definition) is 1. The van der Waals surface area contributed by atoms with Gasteiger partial charge < -0.3 is 14.6 Å². The largest absolute Gasteiger partial charge is 0.455 e. The number of benzene rings is 2. The Balaban J connectivity index is 1.92. The Kier molecular flexibility index (Phi) is 6.94. The molecule has 0 aliphatic heterocycles. The van der Waals surface area contributed by atoms with Crippen LogP contribution in [0, 0.1) is 14.9 Å². The van der Waals surface area contributed by atoms with Crippen LogP contribution in [0.5, 0.6) is 11.5 Å². The van der Waals surface area contributed by atoms with Gasteiger partial charge in [-0.2, -0.15) is 5.26 Å². The van der Waals surface area contributed by atoms with Gasteiger partial charge in [0, 0.05) is 29.4 Å². The van der Waals surface area contributed by atoms with Crippen LogP contribution in [0.25, 0.3) is 0 Å². The Morgan fingerprint density at radius 2 is 1.90 bits per heavy atom. The number of aromatic amines is 1. The minimum atomic E-state index is -0.206. The molecule has 29 heavy (non-hydrogen) atoms. The molecule has 3 aromatic rings. The maximum absolute atomic E-state index is 12.5. The quantitative estimate of drug-likeness (QED) is 0.471. The fourth-order valence-electron chi connectivity index (χ4n) is 3.18. The van der Waals surface area contributed by atoms with E-state index in [1.807, 2.05) is 38.4 Å². The average molecular weight is 499 g/mol. The van der Waals surface area contributed by atoms with Gasteiger partial charge in [-0.1, -0.05) is 30.3 Å². The first-order valence-electron chi connectivity index (χ1n) is 9.32. The molecule has 6 heteroatoms. The molecule has 0 fully saturated rings. The third-order valence-electron chi connectivity index (χ3n) is 4.52. The standard InChI is InChI=1S/C23H22IN3O2/c1-27(2)21-22(29-20-12-17(14-25)11-19(24)13-20)18(15-26-23(21)28)10-6-9-16-7-4-3-5-8-16/h3-5,7-8,11-13,15H,6,9-10H2,1-2H3,(H,26,28). The number of aryl methyl sites for hydroxylation is 2. The first-order valence-corrected chi connectivity index (χ1v) is 10.4. The summed E-state index contributed by atoms with van der Waals surface area (Å²) in [6, 6.07) is 17.8. The molecule has 0 saturated carbocycles. The number of aromatic nitrogens is 1. The van der Waals surface area contributed by atoms with Crippen molar-refractivity contribution < 1.29 is 4.74 Å². The lowest BCUT2D eigenvalue weighted by Gasteiger charge is -2.20. The molecule has 1 heterocycles. The molecule has 0 amide bonds. The molecule has 3 rings (SSSR count). The average Bonchev–Trinajstić information content (AvgIpc) is 2.69. The topological polar surface area (TPSA) is 69.1 Å². The van der Waals surface area contributed by atoms with Gasteiger partial charge in [0.2, 0.25) is 0 Å². The van der Waals surface area contributed by atoms with Crippen molar-refractivity contribution in [1.82, 2.24) is 4.98 Å². The van der Waals surface area contributed by atoms with Gasteiger partial charge in [-0.15, -0.1) is 0 Å². The van der Waals surface area contributed by atoms with Crippen LogP contribution in [0.4, 0.5) is 5.69 Å². The number of rotatable bonds is 7. The SMILES string of the molecule is CN(C)c1c(Oc2cc(I)cc(C#N)c2)c(CCCc2ccccc2)c[nH]c1=O. The Bertz CT molecular complexity index is 1090. The summed E-state index contributed by atoms with van der Waals surface area (Å²) in [5.41, 5.74) is 3.00. The van der Waals surface area contributed by atoms with E-state index in [-0.39, 0.29) is 5.56 Å². The van der Waals surface area contributed by atoms with Crippen molar-refractivity contribution in [2.75, 3.05) is 19.0 Å². The number of ether oxygens (including phenoxy) is 1. The molecule has 0 saturated heterocycles. The number of nitrogens with one attached hydrogen (secondary N) is 1. The van der Waals surface area contributed by atoms with E-state index in [1.54, 1.807) is 23.2 Å². The maximum atomic E-state index is 12.5. The number of nitrogens with zero attached hydrogens (tertiary/aromatic N) is 2. The summed E-state index contributed by atoms with van der Waals surface area (Å²) in [7, 11) is 3.64. The highest BCUT2D eigenvalue weighted by Crippen LogP contribution is 2.34. The van der Waals surface area contributed by atoms with Crippen LogP contribution in [-0.4, -0.2) is 19.1 Å². The molecule has 0 unspecified atom stereocenters. The first kappa shape index (κ1) is 20.9. The molecule has 0 bridgehead atoms. The van der Waals surface area contributed by atoms with Crippen molar-refractivity contribution in [2.24, 2.45) is 0 Å². The van der Waals surface area contributed by atoms with Gasteiger partial charge in [0.1, 0.15) is 11.4 Å². The van der Waals surface area contributed by atoms with E-state index in [9.17, 15) is 10.1 Å². The normalized spacial score (nSPS) is 10.4. The molecule has 148 valence electrons. The predicted molar refractivity (Wildman–Crippen MR) is 124 cm³/mol. The predicted octanol–water partition coefficient (Wildman–Crippen LogP) is 4.88. The van der Waals surface area contributed by atoms with Crippen molar-refractivity contribution in [3.8, 4) is 17.6 Å². The second-order valence-corrected chi connectivity index (χ2v) is 8.19. The molecule has 5 nitrogen and oxygen atoms in total. The van der Waals surface area contributed by atoms with Crippen LogP contribution >= 0.6 is 22.6 Å². The molecule has 1 N–H and O–H groups in total. The summed E-state index contributed by atoms with van der Waals surface area (Å²) < 4.78 is 7.09. The van der Waals surface area contributed by atoms with Gasteiger partial charge in [-0.25, -0.2) is 0 Å². The van der Waals surface area contributed by atoms with Gasteiger partial charge in [0.05, 0.1) is 11.6 Å². The minimum Gasteiger partial charge on any atom is -0.455 e. The molecule has 0 aliphatic carbocycles. The van der Waals surface area contributed by atoms with E-state index in [4.69, 9.17) is 4.74 Å². The number of pyridine rings is 1. The monoisotopic (exact) mass is 499 g/mol. The van der Waals surface area contributed by atoms with Gasteiger partial charge in [-0.05, 0) is 65.6 Å². The zero-order chi connectivity index (χ0) is 20.8. The van der Waals surface area contributed by atoms with Crippen molar-refractivity contribution >= 4 is 28.3 Å². The third-order valence-corrected chi connectivity index (χ3v) is 5.14. The summed E-state index contributed by atoms with van der Waals surface area (Å²) in [4.78, 5) is 17.1. The minimum absolute atomic E-state index is 0.206. The van der Waals surface area contributed by atoms with Gasteiger partial charge in [-0.3, -0.25) is 4.79 Å². The number of nitriles is 1. The summed E-state index contributed by atoms with van der Waals surface area (Å²) in [6.45, 7) is 0. The fraction of sp³-hybridized carbons (Fsp3) is 0.217. The van der Waals surface area contributed by atoms with Gasteiger partial charge in [0.15, 0.2) is 5.75 Å². The van der Waals surface area contributed by atoms with Gasteiger partial charge in [0.25, 0.3) is 5.56 Å². The van der Waals surface area contributed by atoms with E-state index in [0.717, 1.165) is 28.4 Å². The Morgan fingerprint density at radius 3 is 2.59 bits per heavy atom. The molecule has 0 radical (unpaired) electrons. The second kappa shape index (κ2) is 9.61. The summed E-state index contributed by atoms with van der Waals surface area (Å²) in [5.74, 6) is 1.09. The van der Waals surface area contributed by atoms with Crippen molar-refractivity contribution in [3.63, 3.8) is 0 Å². The summed E-state index contributed by atoms with van der Waals surface area (Å²) >= 11 is 2.15. The maximum Gasteiger partial charge on any atom is 0.275 e. The van der Waals surface area contributed by atoms with Crippen molar-refractivity contribution in [2.45, 2.75) is 19.3 Å². The van der Waals surface area contributed by atoms with Crippen LogP contribution in [0.3, 0.4) is 0 Å². The third kappa shape index (κ3) is 5.39. The lowest BCUT2D eigenvalue weighted by atomic mass is 10.0. The lowest BCUT2D eigenvalue weighted by Crippen LogP contribution is -2.22. The van der Waals surface area contributed by atoms with Crippen molar-refractivity contribution in [1.29, 1.82) is 5.26 Å². The Labute approximate surface area is 184 Å². The van der Waals surface area contributed by atoms with Crippen LogP contribution in [0.2, 0.25) is 0 Å². The van der Waals surface area contributed by atoms with Crippen LogP contribution < -0.4 is 15.2 Å². The Hall–Kier alpha value is -2.79. The molecule has 1 aromatic heterocycles. The van der Waals surface area contributed by atoms with Crippen LogP contribution in [0.1, 0.15) is 23.1 Å². The van der Waals surface area contributed by atoms with E-state index < -0.39 is 0 Å². The van der Waals surface area contributed by atoms with Crippen LogP contribution in [0.15, 0.2) is 59.5 Å². The smallest absolute Gasteiger partial charge is 0.275 e. The van der Waals surface area contributed by atoms with Crippen LogP contribution in [-0.2, 0) is 12.8 Å². The molecule has 0 aliphatic rings. The van der Waals surface area contributed by atoms with E-state index >= 15 is 0 Å². The first-order chi connectivity index (χ1) is 14.0. The molecular weight excluding hydrogens is 477 g/mol. The van der Waals surface area contributed by atoms with Gasteiger partial charge >= 0.3 is 0 Å². The lowest BCUT2D eigenvalue weighted by molar-refractivity contribution is 0.473. The molecule has 0 atom stereocenters.